The van der Waals surface area contributed by atoms with E-state index in [2.05, 4.69) is 28.7 Å². The third-order valence-corrected chi connectivity index (χ3v) is 4.31. The minimum Gasteiger partial charge on any atom is -0.735 e. The van der Waals surface area contributed by atoms with Crippen LogP contribution >= 0.6 is 0 Å². The second kappa shape index (κ2) is 8.32. The summed E-state index contributed by atoms with van der Waals surface area (Å²) in [5.41, 5.74) is 1.19. The quantitative estimate of drug-likeness (QED) is 0.352. The molecule has 0 saturated heterocycles. The van der Waals surface area contributed by atoms with Crippen molar-refractivity contribution in [2.75, 3.05) is 0 Å². The fourth-order valence-electron chi connectivity index (χ4n) is 2.59. The van der Waals surface area contributed by atoms with Crippen LogP contribution in [0.5, 0.6) is 0 Å². The monoisotopic (exact) mass is 563 g/mol. The van der Waals surface area contributed by atoms with Crippen molar-refractivity contribution in [1.29, 1.82) is 0 Å². The Labute approximate surface area is 175 Å². The van der Waals surface area contributed by atoms with Crippen molar-refractivity contribution in [3.63, 3.8) is 0 Å². The maximum absolute atomic E-state index is 14.1. The summed E-state index contributed by atoms with van der Waals surface area (Å²) < 4.78 is 27.2. The first kappa shape index (κ1) is 21.3. The summed E-state index contributed by atoms with van der Waals surface area (Å²) in [6, 6.07) is 14.6. The van der Waals surface area contributed by atoms with E-state index in [1.165, 1.54) is 0 Å². The van der Waals surface area contributed by atoms with Crippen LogP contribution in [-0.4, -0.2) is 15.1 Å². The van der Waals surface area contributed by atoms with Gasteiger partial charge in [-0.15, -0.1) is 12.1 Å². The molecule has 0 bridgehead atoms. The van der Waals surface area contributed by atoms with Crippen molar-refractivity contribution < 1.29 is 34.6 Å². The number of hydrogen-bond donors (Lipinski definition) is 0. The van der Waals surface area contributed by atoms with Gasteiger partial charge in [-0.1, -0.05) is 29.8 Å². The molecule has 0 aliphatic heterocycles. The van der Waals surface area contributed by atoms with E-state index in [0.29, 0.717) is 17.1 Å². The van der Waals surface area contributed by atoms with E-state index in [1.807, 2.05) is 13.8 Å². The van der Waals surface area contributed by atoms with Gasteiger partial charge >= 0.3 is 21.1 Å². The molecule has 3 nitrogen and oxygen atoms in total. The summed E-state index contributed by atoms with van der Waals surface area (Å²) in [7, 11) is 0. The molecular formula is C20H14F2N2OPtS. The van der Waals surface area contributed by atoms with Gasteiger partial charge in [0.2, 0.25) is 0 Å². The van der Waals surface area contributed by atoms with E-state index in [-0.39, 0.29) is 32.3 Å². The summed E-state index contributed by atoms with van der Waals surface area (Å²) >= 11 is 4.66. The SMILES string of the molecule is CC(C)(c1cccc(C(=O)[S-])n1)c1cccc(-c2[c-]cc(F)cc2F)n1.[Pt+2]. The molecule has 0 saturated carbocycles. The molecule has 27 heavy (non-hydrogen) atoms. The van der Waals surface area contributed by atoms with Crippen LogP contribution in [0, 0.1) is 17.7 Å². The van der Waals surface area contributed by atoms with Gasteiger partial charge in [-0.3, -0.25) is 13.8 Å². The van der Waals surface area contributed by atoms with Gasteiger partial charge in [0.1, 0.15) is 0 Å². The molecule has 0 atom stereocenters. The molecule has 0 N–H and O–H groups in total. The van der Waals surface area contributed by atoms with Gasteiger partial charge in [-0.05, 0) is 37.7 Å². The Kier molecular flexibility index (Phi) is 6.55. The molecule has 0 radical (unpaired) electrons. The number of halogens is 2. The first-order valence-electron chi connectivity index (χ1n) is 7.82. The molecule has 0 spiro atoms. The molecule has 1 aromatic carbocycles. The van der Waals surface area contributed by atoms with Crippen LogP contribution in [0.2, 0.25) is 0 Å². The summed E-state index contributed by atoms with van der Waals surface area (Å²) in [6.45, 7) is 3.79. The topological polar surface area (TPSA) is 42.9 Å². The van der Waals surface area contributed by atoms with Gasteiger partial charge in [0.05, 0.1) is 16.5 Å². The number of pyridine rings is 2. The molecule has 2 heterocycles. The van der Waals surface area contributed by atoms with Crippen LogP contribution in [-0.2, 0) is 39.1 Å². The number of hydrogen-bond acceptors (Lipinski definition) is 4. The molecule has 2 aromatic heterocycles. The van der Waals surface area contributed by atoms with Gasteiger partial charge < -0.3 is 22.4 Å². The molecule has 7 heteroatoms. The molecule has 0 amide bonds. The number of benzene rings is 1. The molecule has 0 fully saturated rings. The van der Waals surface area contributed by atoms with Crippen molar-refractivity contribution in [2.24, 2.45) is 0 Å². The smallest absolute Gasteiger partial charge is 0.735 e. The van der Waals surface area contributed by atoms with Gasteiger partial charge in [-0.25, -0.2) is 0 Å². The third kappa shape index (κ3) is 4.45. The largest absolute Gasteiger partial charge is 2.00 e. The molecule has 0 aliphatic rings. The third-order valence-electron chi connectivity index (χ3n) is 4.10. The average Bonchev–Trinajstić information content (AvgIpc) is 2.62. The van der Waals surface area contributed by atoms with Crippen molar-refractivity contribution in [1.82, 2.24) is 9.97 Å². The van der Waals surface area contributed by atoms with Crippen LogP contribution in [0.1, 0.15) is 35.7 Å². The Morgan fingerprint density at radius 3 is 2.33 bits per heavy atom. The van der Waals surface area contributed by atoms with E-state index in [4.69, 9.17) is 0 Å². The fourth-order valence-corrected chi connectivity index (χ4v) is 2.70. The van der Waals surface area contributed by atoms with Crippen LogP contribution in [0.15, 0.2) is 48.5 Å². The Morgan fingerprint density at radius 2 is 1.70 bits per heavy atom. The van der Waals surface area contributed by atoms with Gasteiger partial charge in [-0.2, -0.15) is 0 Å². The van der Waals surface area contributed by atoms with Crippen molar-refractivity contribution in [3.05, 3.63) is 83.3 Å². The Hall–Kier alpha value is -2.04. The second-order valence-corrected chi connectivity index (χ2v) is 6.64. The number of carbonyl (C=O) groups is 1. The summed E-state index contributed by atoms with van der Waals surface area (Å²) in [4.78, 5) is 20.3. The van der Waals surface area contributed by atoms with E-state index in [9.17, 15) is 13.6 Å². The zero-order valence-electron chi connectivity index (χ0n) is 14.4. The number of carbonyl (C=O) groups excluding carboxylic acids is 1. The first-order chi connectivity index (χ1) is 12.3. The Bertz CT molecular complexity index is 995. The van der Waals surface area contributed by atoms with Crippen molar-refractivity contribution >= 4 is 17.7 Å². The van der Waals surface area contributed by atoms with Crippen molar-refractivity contribution in [2.45, 2.75) is 19.3 Å². The standard InChI is InChI=1S/C20H15F2N2OS.Pt/c1-20(2,18-8-4-6-16(24-18)19(25)26)17-7-3-5-15(23-17)13-10-9-12(21)11-14(13)22;/h3-9,11H,1-2H3,(H,25,26);/q-1;+2/p-1. The van der Waals surface area contributed by atoms with Crippen LogP contribution in [0.25, 0.3) is 11.3 Å². The first-order valence-corrected chi connectivity index (χ1v) is 8.23. The van der Waals surface area contributed by atoms with Crippen LogP contribution < -0.4 is 0 Å². The predicted octanol–water partition coefficient (Wildman–Crippen LogP) is 4.23. The number of aromatic nitrogens is 2. The molecule has 0 aliphatic carbocycles. The van der Waals surface area contributed by atoms with Crippen LogP contribution in [0.3, 0.4) is 0 Å². The van der Waals surface area contributed by atoms with Gasteiger partial charge in [0, 0.05) is 22.7 Å². The summed E-state index contributed by atoms with van der Waals surface area (Å²) in [5, 5.41) is -0.535. The number of rotatable bonds is 4. The second-order valence-electron chi connectivity index (χ2n) is 6.27. The van der Waals surface area contributed by atoms with E-state index in [1.54, 1.807) is 36.4 Å². The van der Waals surface area contributed by atoms with E-state index in [0.717, 1.165) is 12.1 Å². The molecule has 0 unspecified atom stereocenters. The normalized spacial score (nSPS) is 11.0. The Balaban J connectivity index is 0.00000261. The Morgan fingerprint density at radius 1 is 1.07 bits per heavy atom. The molecular weight excluding hydrogens is 549 g/mol. The maximum atomic E-state index is 14.1. The van der Waals surface area contributed by atoms with E-state index < -0.39 is 22.2 Å². The minimum atomic E-state index is -0.732. The fraction of sp³-hybridized carbons (Fsp3) is 0.150. The van der Waals surface area contributed by atoms with Gasteiger partial charge in [0.15, 0.2) is 0 Å². The minimum absolute atomic E-state index is 0. The molecule has 3 aromatic rings. The van der Waals surface area contributed by atoms with Gasteiger partial charge in [0.25, 0.3) is 0 Å². The summed E-state index contributed by atoms with van der Waals surface area (Å²) in [6.07, 6.45) is 0. The van der Waals surface area contributed by atoms with Crippen LogP contribution in [0.4, 0.5) is 8.78 Å². The van der Waals surface area contributed by atoms with Crippen molar-refractivity contribution in [3.8, 4) is 11.3 Å². The zero-order chi connectivity index (χ0) is 18.9. The molecule has 3 rings (SSSR count). The summed E-state index contributed by atoms with van der Waals surface area (Å²) in [5.74, 6) is -1.43. The van der Waals surface area contributed by atoms with E-state index >= 15 is 0 Å². The average molecular weight is 563 g/mol. The predicted molar refractivity (Wildman–Crippen MR) is 96.5 cm³/mol. The zero-order valence-corrected chi connectivity index (χ0v) is 17.5. The maximum Gasteiger partial charge on any atom is 2.00 e. The number of nitrogens with zero attached hydrogens (tertiary/aromatic N) is 2. The molecule has 140 valence electrons.